The Labute approximate surface area is 129 Å². The zero-order chi connectivity index (χ0) is 15.4. The van der Waals surface area contributed by atoms with Crippen LogP contribution in [0.5, 0.6) is 0 Å². The second-order valence-corrected chi connectivity index (χ2v) is 5.34. The first-order valence-electron chi connectivity index (χ1n) is 6.27. The van der Waals surface area contributed by atoms with Gasteiger partial charge in [0, 0.05) is 24.7 Å². The van der Waals surface area contributed by atoms with Crippen LogP contribution >= 0.6 is 15.9 Å². The van der Waals surface area contributed by atoms with Gasteiger partial charge in [0.25, 0.3) is 0 Å². The zero-order valence-electron chi connectivity index (χ0n) is 11.3. The van der Waals surface area contributed by atoms with E-state index < -0.39 is 5.97 Å². The average Bonchev–Trinajstić information content (AvgIpc) is 2.76. The molecular formula is C14H14BrN3O3. The average molecular weight is 352 g/mol. The van der Waals surface area contributed by atoms with Gasteiger partial charge in [0.2, 0.25) is 5.91 Å². The standard InChI is InChI=1S/C14H14BrN3O3/c1-18-14(11(15)8-16-18)9-3-2-4-10(7-9)17-12(19)5-6-13(20)21/h2-4,7-8H,5-6H2,1H3,(H,17,19)(H,20,21). The lowest BCUT2D eigenvalue weighted by molar-refractivity contribution is -0.138. The summed E-state index contributed by atoms with van der Waals surface area (Å²) in [7, 11) is 1.83. The number of carboxylic acid groups (broad SMARTS) is 1. The molecule has 0 spiro atoms. The van der Waals surface area contributed by atoms with Gasteiger partial charge in [-0.3, -0.25) is 14.3 Å². The number of nitrogens with one attached hydrogen (secondary N) is 1. The van der Waals surface area contributed by atoms with Gasteiger partial charge in [-0.15, -0.1) is 0 Å². The molecule has 0 aliphatic carbocycles. The number of aryl methyl sites for hydroxylation is 1. The number of aromatic nitrogens is 2. The predicted octanol–water partition coefficient (Wildman–Crippen LogP) is 2.65. The molecule has 1 aromatic carbocycles. The van der Waals surface area contributed by atoms with E-state index in [0.29, 0.717) is 5.69 Å². The lowest BCUT2D eigenvalue weighted by Gasteiger charge is -2.08. The third kappa shape index (κ3) is 3.91. The number of benzene rings is 1. The normalized spacial score (nSPS) is 10.4. The molecular weight excluding hydrogens is 338 g/mol. The van der Waals surface area contributed by atoms with Gasteiger partial charge >= 0.3 is 5.97 Å². The van der Waals surface area contributed by atoms with Crippen molar-refractivity contribution in [2.24, 2.45) is 7.05 Å². The number of carbonyl (C=O) groups is 2. The molecule has 0 radical (unpaired) electrons. The van der Waals surface area contributed by atoms with Crippen molar-refractivity contribution in [3.05, 3.63) is 34.9 Å². The van der Waals surface area contributed by atoms with E-state index in [4.69, 9.17) is 5.11 Å². The van der Waals surface area contributed by atoms with Crippen LogP contribution in [-0.4, -0.2) is 26.8 Å². The van der Waals surface area contributed by atoms with E-state index in [1.807, 2.05) is 25.2 Å². The Balaban J connectivity index is 2.15. The highest BCUT2D eigenvalue weighted by Crippen LogP contribution is 2.29. The minimum Gasteiger partial charge on any atom is -0.481 e. The number of hydrogen-bond acceptors (Lipinski definition) is 3. The maximum atomic E-state index is 11.6. The molecule has 0 unspecified atom stereocenters. The molecule has 0 saturated heterocycles. The smallest absolute Gasteiger partial charge is 0.303 e. The van der Waals surface area contributed by atoms with Crippen molar-refractivity contribution >= 4 is 33.5 Å². The molecule has 6 nitrogen and oxygen atoms in total. The molecule has 7 heteroatoms. The number of hydrogen-bond donors (Lipinski definition) is 2. The largest absolute Gasteiger partial charge is 0.481 e. The number of amides is 1. The summed E-state index contributed by atoms with van der Waals surface area (Å²) in [5.74, 6) is -1.31. The summed E-state index contributed by atoms with van der Waals surface area (Å²) in [5, 5.41) is 15.4. The van der Waals surface area contributed by atoms with Gasteiger partial charge in [0.15, 0.2) is 0 Å². The molecule has 0 fully saturated rings. The second-order valence-electron chi connectivity index (χ2n) is 4.49. The van der Waals surface area contributed by atoms with E-state index in [-0.39, 0.29) is 18.7 Å². The van der Waals surface area contributed by atoms with E-state index in [0.717, 1.165) is 15.7 Å². The predicted molar refractivity (Wildman–Crippen MR) is 81.8 cm³/mol. The molecule has 1 aromatic heterocycles. The van der Waals surface area contributed by atoms with Gasteiger partial charge in [-0.1, -0.05) is 12.1 Å². The van der Waals surface area contributed by atoms with Crippen LogP contribution in [0, 0.1) is 0 Å². The van der Waals surface area contributed by atoms with Crippen LogP contribution in [0.3, 0.4) is 0 Å². The van der Waals surface area contributed by atoms with Crippen molar-refractivity contribution in [3.63, 3.8) is 0 Å². The van der Waals surface area contributed by atoms with Crippen molar-refractivity contribution in [1.29, 1.82) is 0 Å². The number of nitrogens with zero attached hydrogens (tertiary/aromatic N) is 2. The molecule has 0 atom stereocenters. The van der Waals surface area contributed by atoms with E-state index >= 15 is 0 Å². The number of carboxylic acids is 1. The van der Waals surface area contributed by atoms with Gasteiger partial charge in [0.05, 0.1) is 22.8 Å². The van der Waals surface area contributed by atoms with Gasteiger partial charge < -0.3 is 10.4 Å². The molecule has 2 aromatic rings. The molecule has 0 aliphatic heterocycles. The highest BCUT2D eigenvalue weighted by atomic mass is 79.9. The molecule has 21 heavy (non-hydrogen) atoms. The third-order valence-corrected chi connectivity index (χ3v) is 3.46. The van der Waals surface area contributed by atoms with Gasteiger partial charge in [-0.2, -0.15) is 5.10 Å². The topological polar surface area (TPSA) is 84.2 Å². The van der Waals surface area contributed by atoms with Crippen molar-refractivity contribution in [2.75, 3.05) is 5.32 Å². The number of carbonyl (C=O) groups excluding carboxylic acids is 1. The molecule has 2 rings (SSSR count). The summed E-state index contributed by atoms with van der Waals surface area (Å²) >= 11 is 3.43. The van der Waals surface area contributed by atoms with Crippen LogP contribution in [0.4, 0.5) is 5.69 Å². The molecule has 110 valence electrons. The molecule has 1 heterocycles. The highest BCUT2D eigenvalue weighted by molar-refractivity contribution is 9.10. The lowest BCUT2D eigenvalue weighted by atomic mass is 10.1. The number of halogens is 1. The minimum atomic E-state index is -0.988. The summed E-state index contributed by atoms with van der Waals surface area (Å²) in [6.07, 6.45) is 1.47. The molecule has 1 amide bonds. The van der Waals surface area contributed by atoms with Gasteiger partial charge in [-0.25, -0.2) is 0 Å². The quantitative estimate of drug-likeness (QED) is 0.867. The highest BCUT2D eigenvalue weighted by Gasteiger charge is 2.10. The van der Waals surface area contributed by atoms with E-state index in [9.17, 15) is 9.59 Å². The van der Waals surface area contributed by atoms with Crippen LogP contribution in [0.1, 0.15) is 12.8 Å². The zero-order valence-corrected chi connectivity index (χ0v) is 12.9. The third-order valence-electron chi connectivity index (χ3n) is 2.88. The fourth-order valence-corrected chi connectivity index (χ4v) is 2.50. The maximum Gasteiger partial charge on any atom is 0.303 e. The Morgan fingerprint density at radius 2 is 2.14 bits per heavy atom. The molecule has 2 N–H and O–H groups in total. The van der Waals surface area contributed by atoms with E-state index in [1.165, 1.54) is 0 Å². The summed E-state index contributed by atoms with van der Waals surface area (Å²) in [6, 6.07) is 7.31. The van der Waals surface area contributed by atoms with Gasteiger partial charge in [-0.05, 0) is 28.1 Å². The van der Waals surface area contributed by atoms with E-state index in [2.05, 4.69) is 26.3 Å². The maximum absolute atomic E-state index is 11.6. The summed E-state index contributed by atoms with van der Waals surface area (Å²) < 4.78 is 2.59. The summed E-state index contributed by atoms with van der Waals surface area (Å²) in [4.78, 5) is 22.1. The fraction of sp³-hybridized carbons (Fsp3) is 0.214. The van der Waals surface area contributed by atoms with Crippen molar-refractivity contribution < 1.29 is 14.7 Å². The van der Waals surface area contributed by atoms with Crippen molar-refractivity contribution in [3.8, 4) is 11.3 Å². The molecule has 0 saturated carbocycles. The fourth-order valence-electron chi connectivity index (χ4n) is 1.92. The Hall–Kier alpha value is -2.15. The Morgan fingerprint density at radius 1 is 1.38 bits per heavy atom. The lowest BCUT2D eigenvalue weighted by Crippen LogP contribution is -2.13. The van der Waals surface area contributed by atoms with Crippen molar-refractivity contribution in [1.82, 2.24) is 9.78 Å². The van der Waals surface area contributed by atoms with Crippen molar-refractivity contribution in [2.45, 2.75) is 12.8 Å². The van der Waals surface area contributed by atoms with Crippen LogP contribution < -0.4 is 5.32 Å². The first-order chi connectivity index (χ1) is 9.97. The first-order valence-corrected chi connectivity index (χ1v) is 7.06. The van der Waals surface area contributed by atoms with Crippen LogP contribution in [-0.2, 0) is 16.6 Å². The summed E-state index contributed by atoms with van der Waals surface area (Å²) in [5.41, 5.74) is 2.42. The first kappa shape index (κ1) is 15.2. The van der Waals surface area contributed by atoms with E-state index in [1.54, 1.807) is 16.9 Å². The molecule has 0 aliphatic rings. The number of anilines is 1. The van der Waals surface area contributed by atoms with Gasteiger partial charge in [0.1, 0.15) is 0 Å². The monoisotopic (exact) mass is 351 g/mol. The second kappa shape index (κ2) is 6.53. The minimum absolute atomic E-state index is 0.0467. The summed E-state index contributed by atoms with van der Waals surface area (Å²) in [6.45, 7) is 0. The SMILES string of the molecule is Cn1ncc(Br)c1-c1cccc(NC(=O)CCC(=O)O)c1. The number of rotatable bonds is 5. The molecule has 0 bridgehead atoms. The van der Waals surface area contributed by atoms with Crippen LogP contribution in [0.25, 0.3) is 11.3 Å². The Morgan fingerprint density at radius 3 is 2.76 bits per heavy atom. The Kier molecular flexibility index (Phi) is 4.74. The Bertz CT molecular complexity index is 662. The number of aliphatic carboxylic acids is 1. The van der Waals surface area contributed by atoms with Crippen LogP contribution in [0.15, 0.2) is 34.9 Å². The van der Waals surface area contributed by atoms with Crippen LogP contribution in [0.2, 0.25) is 0 Å².